The lowest BCUT2D eigenvalue weighted by Gasteiger charge is -2.08. The average Bonchev–Trinajstić information content (AvgIpc) is 2.97. The van der Waals surface area contributed by atoms with Gasteiger partial charge in [-0.15, -0.1) is 5.10 Å². The standard InChI is InChI=1S/C15H11F2N3O3/c1-23-8-4-5-9(11(7-8)12(16)17)13-18-14-10(15(21)22)3-2-6-20(14)19-13/h2-7,12H,1H3,(H,21,22). The Hall–Kier alpha value is -3.03. The van der Waals surface area contributed by atoms with E-state index in [9.17, 15) is 13.6 Å². The summed E-state index contributed by atoms with van der Waals surface area (Å²) in [6, 6.07) is 7.03. The van der Waals surface area contributed by atoms with Crippen LogP contribution in [0, 0.1) is 0 Å². The zero-order valence-electron chi connectivity index (χ0n) is 11.9. The molecule has 2 aromatic heterocycles. The molecule has 23 heavy (non-hydrogen) atoms. The molecule has 0 aliphatic rings. The van der Waals surface area contributed by atoms with Crippen LogP contribution < -0.4 is 4.74 Å². The van der Waals surface area contributed by atoms with E-state index in [-0.39, 0.29) is 28.2 Å². The summed E-state index contributed by atoms with van der Waals surface area (Å²) in [5.74, 6) is -0.853. The third-order valence-electron chi connectivity index (χ3n) is 3.33. The highest BCUT2D eigenvalue weighted by molar-refractivity contribution is 5.94. The molecule has 2 heterocycles. The first-order valence-corrected chi connectivity index (χ1v) is 6.56. The van der Waals surface area contributed by atoms with Crippen molar-refractivity contribution in [3.8, 4) is 17.1 Å². The molecule has 0 fully saturated rings. The van der Waals surface area contributed by atoms with Gasteiger partial charge in [0.05, 0.1) is 7.11 Å². The SMILES string of the molecule is COc1ccc(-c2nc3c(C(=O)O)cccn3n2)c(C(F)F)c1. The number of aromatic carboxylic acids is 1. The summed E-state index contributed by atoms with van der Waals surface area (Å²) in [7, 11) is 1.38. The summed E-state index contributed by atoms with van der Waals surface area (Å²) in [6.45, 7) is 0. The van der Waals surface area contributed by atoms with E-state index in [4.69, 9.17) is 9.84 Å². The van der Waals surface area contributed by atoms with Crippen LogP contribution in [0.4, 0.5) is 8.78 Å². The molecule has 0 saturated carbocycles. The van der Waals surface area contributed by atoms with Gasteiger partial charge in [-0.3, -0.25) is 0 Å². The Morgan fingerprint density at radius 1 is 1.35 bits per heavy atom. The zero-order valence-corrected chi connectivity index (χ0v) is 11.9. The van der Waals surface area contributed by atoms with Crippen LogP contribution in [0.15, 0.2) is 36.5 Å². The lowest BCUT2D eigenvalue weighted by atomic mass is 10.1. The quantitative estimate of drug-likeness (QED) is 0.800. The number of ether oxygens (including phenoxy) is 1. The predicted octanol–water partition coefficient (Wildman–Crippen LogP) is 3.04. The van der Waals surface area contributed by atoms with Gasteiger partial charge in [-0.05, 0) is 30.3 Å². The summed E-state index contributed by atoms with van der Waals surface area (Å²) in [5.41, 5.74) is -0.123. The molecule has 0 aliphatic carbocycles. The number of alkyl halides is 2. The van der Waals surface area contributed by atoms with E-state index in [1.807, 2.05) is 0 Å². The number of rotatable bonds is 4. The van der Waals surface area contributed by atoms with Gasteiger partial charge in [0.15, 0.2) is 11.5 Å². The third-order valence-corrected chi connectivity index (χ3v) is 3.33. The first kappa shape index (κ1) is 14.9. The lowest BCUT2D eigenvalue weighted by Crippen LogP contribution is -2.00. The summed E-state index contributed by atoms with van der Waals surface area (Å²) in [6.07, 6.45) is -1.24. The fourth-order valence-corrected chi connectivity index (χ4v) is 2.24. The molecule has 0 saturated heterocycles. The number of pyridine rings is 1. The molecule has 8 heteroatoms. The average molecular weight is 319 g/mol. The van der Waals surface area contributed by atoms with Gasteiger partial charge in [0.25, 0.3) is 6.43 Å². The molecule has 6 nitrogen and oxygen atoms in total. The molecule has 0 aliphatic heterocycles. The van der Waals surface area contributed by atoms with Crippen LogP contribution in [-0.2, 0) is 0 Å². The minimum Gasteiger partial charge on any atom is -0.497 e. The first-order valence-electron chi connectivity index (χ1n) is 6.56. The second-order valence-electron chi connectivity index (χ2n) is 4.68. The molecule has 0 amide bonds. The van der Waals surface area contributed by atoms with Crippen molar-refractivity contribution in [1.29, 1.82) is 0 Å². The molecule has 0 atom stereocenters. The van der Waals surface area contributed by atoms with Gasteiger partial charge in [0.1, 0.15) is 11.3 Å². The van der Waals surface area contributed by atoms with E-state index in [0.717, 1.165) is 0 Å². The van der Waals surface area contributed by atoms with Crippen LogP contribution in [0.5, 0.6) is 5.75 Å². The van der Waals surface area contributed by atoms with Gasteiger partial charge in [-0.2, -0.15) is 0 Å². The number of hydrogen-bond donors (Lipinski definition) is 1. The maximum absolute atomic E-state index is 13.3. The molecule has 0 unspecified atom stereocenters. The highest BCUT2D eigenvalue weighted by Gasteiger charge is 2.20. The third kappa shape index (κ3) is 2.59. The number of aromatic nitrogens is 3. The Kier molecular flexibility index (Phi) is 3.65. The second-order valence-corrected chi connectivity index (χ2v) is 4.68. The molecule has 0 bridgehead atoms. The number of halogens is 2. The van der Waals surface area contributed by atoms with Gasteiger partial charge in [0.2, 0.25) is 0 Å². The summed E-state index contributed by atoms with van der Waals surface area (Å²) < 4.78 is 32.8. The van der Waals surface area contributed by atoms with Crippen LogP contribution in [0.3, 0.4) is 0 Å². The Morgan fingerprint density at radius 3 is 2.78 bits per heavy atom. The van der Waals surface area contributed by atoms with Crippen molar-refractivity contribution in [2.45, 2.75) is 6.43 Å². The summed E-state index contributed by atoms with van der Waals surface area (Å²) in [5, 5.41) is 13.2. The molecule has 1 aromatic carbocycles. The smallest absolute Gasteiger partial charge is 0.339 e. The number of benzene rings is 1. The number of fused-ring (bicyclic) bond motifs is 1. The van der Waals surface area contributed by atoms with Gasteiger partial charge < -0.3 is 9.84 Å². The van der Waals surface area contributed by atoms with E-state index >= 15 is 0 Å². The Bertz CT molecular complexity index is 893. The summed E-state index contributed by atoms with van der Waals surface area (Å²) >= 11 is 0. The topological polar surface area (TPSA) is 76.7 Å². The van der Waals surface area contributed by atoms with Crippen molar-refractivity contribution in [3.63, 3.8) is 0 Å². The van der Waals surface area contributed by atoms with Crippen LogP contribution in [0.25, 0.3) is 17.0 Å². The van der Waals surface area contributed by atoms with Crippen LogP contribution in [0.2, 0.25) is 0 Å². The van der Waals surface area contributed by atoms with Crippen molar-refractivity contribution in [1.82, 2.24) is 14.6 Å². The molecule has 1 N–H and O–H groups in total. The van der Waals surface area contributed by atoms with Crippen molar-refractivity contribution in [2.75, 3.05) is 7.11 Å². The minimum atomic E-state index is -2.74. The molecule has 3 aromatic rings. The fraction of sp³-hybridized carbons (Fsp3) is 0.133. The van der Waals surface area contributed by atoms with Gasteiger partial charge in [-0.1, -0.05) is 0 Å². The molecular formula is C15H11F2N3O3. The van der Waals surface area contributed by atoms with E-state index in [1.54, 1.807) is 0 Å². The van der Waals surface area contributed by atoms with Crippen molar-refractivity contribution in [2.24, 2.45) is 0 Å². The number of hydrogen-bond acceptors (Lipinski definition) is 4. The van der Waals surface area contributed by atoms with E-state index in [2.05, 4.69) is 10.1 Å². The van der Waals surface area contributed by atoms with Crippen molar-refractivity contribution < 1.29 is 23.4 Å². The lowest BCUT2D eigenvalue weighted by molar-refractivity contribution is 0.0698. The largest absolute Gasteiger partial charge is 0.497 e. The zero-order chi connectivity index (χ0) is 16.6. The highest BCUT2D eigenvalue weighted by Crippen LogP contribution is 2.32. The van der Waals surface area contributed by atoms with E-state index in [0.29, 0.717) is 5.75 Å². The van der Waals surface area contributed by atoms with Crippen molar-refractivity contribution in [3.05, 3.63) is 47.7 Å². The monoisotopic (exact) mass is 319 g/mol. The van der Waals surface area contributed by atoms with Crippen molar-refractivity contribution >= 4 is 11.6 Å². The minimum absolute atomic E-state index is 0.0247. The molecule has 0 radical (unpaired) electrons. The number of carbonyl (C=O) groups is 1. The van der Waals surface area contributed by atoms with Gasteiger partial charge in [-0.25, -0.2) is 23.1 Å². The number of carboxylic acids is 1. The molecule has 3 rings (SSSR count). The number of methoxy groups -OCH3 is 1. The summed E-state index contributed by atoms with van der Waals surface area (Å²) in [4.78, 5) is 15.3. The Balaban J connectivity index is 2.21. The van der Waals surface area contributed by atoms with Gasteiger partial charge in [0, 0.05) is 17.3 Å². The second kappa shape index (κ2) is 5.64. The molecule has 0 spiro atoms. The number of carboxylic acid groups (broad SMARTS) is 1. The van der Waals surface area contributed by atoms with Crippen LogP contribution in [-0.4, -0.2) is 32.8 Å². The maximum Gasteiger partial charge on any atom is 0.339 e. The van der Waals surface area contributed by atoms with Crippen LogP contribution in [0.1, 0.15) is 22.3 Å². The van der Waals surface area contributed by atoms with Crippen LogP contribution >= 0.6 is 0 Å². The first-order chi connectivity index (χ1) is 11.0. The van der Waals surface area contributed by atoms with E-state index in [1.165, 1.54) is 48.2 Å². The maximum atomic E-state index is 13.3. The Morgan fingerprint density at radius 2 is 2.13 bits per heavy atom. The highest BCUT2D eigenvalue weighted by atomic mass is 19.3. The number of nitrogens with zero attached hydrogens (tertiary/aromatic N) is 3. The molecule has 118 valence electrons. The van der Waals surface area contributed by atoms with E-state index < -0.39 is 12.4 Å². The Labute approximate surface area is 129 Å². The normalized spacial score (nSPS) is 11.1. The predicted molar refractivity (Wildman–Crippen MR) is 76.9 cm³/mol. The molecular weight excluding hydrogens is 308 g/mol. The van der Waals surface area contributed by atoms with Gasteiger partial charge >= 0.3 is 5.97 Å². The fourth-order valence-electron chi connectivity index (χ4n) is 2.24.